The van der Waals surface area contributed by atoms with E-state index >= 15 is 0 Å². The highest BCUT2D eigenvalue weighted by atomic mass is 16.6. The SMILES string of the molecule is CC(C)(C)OC(=O)NC(CNC1CNC1)c1ccccc1. The van der Waals surface area contributed by atoms with Gasteiger partial charge < -0.3 is 20.7 Å². The summed E-state index contributed by atoms with van der Waals surface area (Å²) in [4.78, 5) is 12.0. The van der Waals surface area contributed by atoms with Crippen molar-refractivity contribution in [3.8, 4) is 0 Å². The van der Waals surface area contributed by atoms with Crippen molar-refractivity contribution >= 4 is 6.09 Å². The molecular formula is C16H25N3O2. The van der Waals surface area contributed by atoms with Crippen LogP contribution in [0.3, 0.4) is 0 Å². The standard InChI is InChI=1S/C16H25N3O2/c1-16(2,3)21-15(20)19-14(11-18-13-9-17-10-13)12-7-5-4-6-8-12/h4-8,13-14,17-18H,9-11H2,1-3H3,(H,19,20). The molecule has 1 aliphatic heterocycles. The third-order valence-corrected chi connectivity index (χ3v) is 3.29. The zero-order chi connectivity index (χ0) is 15.3. The summed E-state index contributed by atoms with van der Waals surface area (Å²) in [5, 5.41) is 9.62. The van der Waals surface area contributed by atoms with E-state index in [1.807, 2.05) is 51.1 Å². The summed E-state index contributed by atoms with van der Waals surface area (Å²) in [6, 6.07) is 10.3. The maximum Gasteiger partial charge on any atom is 0.408 e. The molecule has 1 aromatic carbocycles. The van der Waals surface area contributed by atoms with Gasteiger partial charge in [-0.25, -0.2) is 4.79 Å². The molecule has 0 spiro atoms. The average Bonchev–Trinajstić information content (AvgIpc) is 2.34. The summed E-state index contributed by atoms with van der Waals surface area (Å²) < 4.78 is 5.35. The summed E-state index contributed by atoms with van der Waals surface area (Å²) in [5.41, 5.74) is 0.583. The maximum atomic E-state index is 12.0. The molecule has 0 aliphatic carbocycles. The summed E-state index contributed by atoms with van der Waals surface area (Å²) >= 11 is 0. The Morgan fingerprint density at radius 3 is 2.52 bits per heavy atom. The predicted octanol–water partition coefficient (Wildman–Crippen LogP) is 1.81. The second-order valence-corrected chi connectivity index (χ2v) is 6.37. The van der Waals surface area contributed by atoms with E-state index in [1.165, 1.54) is 0 Å². The van der Waals surface area contributed by atoms with Gasteiger partial charge in [0.25, 0.3) is 0 Å². The van der Waals surface area contributed by atoms with Gasteiger partial charge in [-0.2, -0.15) is 0 Å². The van der Waals surface area contributed by atoms with Crippen LogP contribution in [0, 0.1) is 0 Å². The van der Waals surface area contributed by atoms with E-state index in [0.29, 0.717) is 12.6 Å². The van der Waals surface area contributed by atoms with E-state index in [4.69, 9.17) is 4.74 Å². The number of benzene rings is 1. The Bertz CT molecular complexity index is 452. The smallest absolute Gasteiger partial charge is 0.408 e. The largest absolute Gasteiger partial charge is 0.444 e. The highest BCUT2D eigenvalue weighted by molar-refractivity contribution is 5.68. The second-order valence-electron chi connectivity index (χ2n) is 6.37. The molecule has 0 saturated carbocycles. The van der Waals surface area contributed by atoms with Crippen molar-refractivity contribution in [3.63, 3.8) is 0 Å². The van der Waals surface area contributed by atoms with Gasteiger partial charge in [-0.3, -0.25) is 0 Å². The van der Waals surface area contributed by atoms with Crippen LogP contribution >= 0.6 is 0 Å². The molecule has 1 aromatic rings. The first kappa shape index (κ1) is 15.8. The molecule has 3 N–H and O–H groups in total. The quantitative estimate of drug-likeness (QED) is 0.774. The van der Waals surface area contributed by atoms with E-state index < -0.39 is 5.60 Å². The molecule has 1 unspecified atom stereocenters. The van der Waals surface area contributed by atoms with Gasteiger partial charge in [0.2, 0.25) is 0 Å². The van der Waals surface area contributed by atoms with Gasteiger partial charge >= 0.3 is 6.09 Å². The Balaban J connectivity index is 1.95. The van der Waals surface area contributed by atoms with E-state index in [9.17, 15) is 4.79 Å². The number of hydrogen-bond acceptors (Lipinski definition) is 4. The van der Waals surface area contributed by atoms with E-state index in [1.54, 1.807) is 0 Å². The molecule has 1 amide bonds. The molecule has 0 aromatic heterocycles. The lowest BCUT2D eigenvalue weighted by Gasteiger charge is -2.31. The van der Waals surface area contributed by atoms with Crippen LogP contribution in [0.4, 0.5) is 4.79 Å². The van der Waals surface area contributed by atoms with Crippen molar-refractivity contribution in [3.05, 3.63) is 35.9 Å². The van der Waals surface area contributed by atoms with Crippen molar-refractivity contribution in [2.24, 2.45) is 0 Å². The molecule has 5 nitrogen and oxygen atoms in total. The first-order valence-electron chi connectivity index (χ1n) is 7.42. The summed E-state index contributed by atoms with van der Waals surface area (Å²) in [7, 11) is 0. The van der Waals surface area contributed by atoms with E-state index in [-0.39, 0.29) is 12.1 Å². The normalized spacial score (nSPS) is 16.9. The Hall–Kier alpha value is -1.59. The fraction of sp³-hybridized carbons (Fsp3) is 0.562. The zero-order valence-corrected chi connectivity index (χ0v) is 13.0. The maximum absolute atomic E-state index is 12.0. The number of carbonyl (C=O) groups is 1. The molecule has 21 heavy (non-hydrogen) atoms. The van der Waals surface area contributed by atoms with Gasteiger partial charge in [0.05, 0.1) is 6.04 Å². The minimum Gasteiger partial charge on any atom is -0.444 e. The van der Waals surface area contributed by atoms with Crippen LogP contribution in [0.1, 0.15) is 32.4 Å². The van der Waals surface area contributed by atoms with Crippen molar-refractivity contribution in [2.75, 3.05) is 19.6 Å². The second kappa shape index (κ2) is 6.91. The van der Waals surface area contributed by atoms with Gasteiger partial charge in [-0.1, -0.05) is 30.3 Å². The molecule has 116 valence electrons. The fourth-order valence-electron chi connectivity index (χ4n) is 2.10. The van der Waals surface area contributed by atoms with Crippen molar-refractivity contribution in [1.29, 1.82) is 0 Å². The van der Waals surface area contributed by atoms with Crippen LogP contribution in [-0.4, -0.2) is 37.4 Å². The lowest BCUT2D eigenvalue weighted by molar-refractivity contribution is 0.0502. The van der Waals surface area contributed by atoms with E-state index in [0.717, 1.165) is 18.7 Å². The molecule has 1 atom stereocenters. The highest BCUT2D eigenvalue weighted by Gasteiger charge is 2.22. The fourth-order valence-corrected chi connectivity index (χ4v) is 2.10. The third kappa shape index (κ3) is 5.36. The molecule has 1 heterocycles. The summed E-state index contributed by atoms with van der Waals surface area (Å²) in [6.07, 6.45) is -0.384. The lowest BCUT2D eigenvalue weighted by atomic mass is 10.1. The molecule has 2 rings (SSSR count). The molecule has 1 aliphatic rings. The minimum absolute atomic E-state index is 0.0957. The lowest BCUT2D eigenvalue weighted by Crippen LogP contribution is -2.56. The number of amides is 1. The Kier molecular flexibility index (Phi) is 5.20. The van der Waals surface area contributed by atoms with Crippen LogP contribution in [0.2, 0.25) is 0 Å². The molecule has 1 saturated heterocycles. The Labute approximate surface area is 126 Å². The molecule has 5 heteroatoms. The highest BCUT2D eigenvalue weighted by Crippen LogP contribution is 2.14. The van der Waals surface area contributed by atoms with Crippen LogP contribution in [0.25, 0.3) is 0 Å². The number of alkyl carbamates (subject to hydrolysis) is 1. The van der Waals surface area contributed by atoms with Crippen LogP contribution in [-0.2, 0) is 4.74 Å². The van der Waals surface area contributed by atoms with Crippen LogP contribution in [0.5, 0.6) is 0 Å². The number of hydrogen-bond donors (Lipinski definition) is 3. The van der Waals surface area contributed by atoms with Gasteiger partial charge in [-0.15, -0.1) is 0 Å². The predicted molar refractivity (Wildman–Crippen MR) is 83.2 cm³/mol. The Morgan fingerprint density at radius 2 is 2.00 bits per heavy atom. The molecule has 0 radical (unpaired) electrons. The van der Waals surface area contributed by atoms with Crippen molar-refractivity contribution in [1.82, 2.24) is 16.0 Å². The van der Waals surface area contributed by atoms with Gasteiger partial charge in [0, 0.05) is 25.7 Å². The molecule has 0 bridgehead atoms. The third-order valence-electron chi connectivity index (χ3n) is 3.29. The van der Waals surface area contributed by atoms with Crippen molar-refractivity contribution < 1.29 is 9.53 Å². The first-order valence-corrected chi connectivity index (χ1v) is 7.42. The minimum atomic E-state index is -0.489. The number of carbonyl (C=O) groups excluding carboxylic acids is 1. The van der Waals surface area contributed by atoms with Gasteiger partial charge in [0.1, 0.15) is 5.60 Å². The van der Waals surface area contributed by atoms with Crippen molar-refractivity contribution in [2.45, 2.75) is 38.5 Å². The topological polar surface area (TPSA) is 62.4 Å². The monoisotopic (exact) mass is 291 g/mol. The molecule has 1 fully saturated rings. The molecular weight excluding hydrogens is 266 g/mol. The zero-order valence-electron chi connectivity index (χ0n) is 13.0. The number of nitrogens with one attached hydrogen (secondary N) is 3. The van der Waals surface area contributed by atoms with Crippen LogP contribution < -0.4 is 16.0 Å². The first-order chi connectivity index (χ1) is 9.94. The average molecular weight is 291 g/mol. The van der Waals surface area contributed by atoms with Gasteiger partial charge in [-0.05, 0) is 26.3 Å². The summed E-state index contributed by atoms with van der Waals surface area (Å²) in [6.45, 7) is 8.24. The number of rotatable bonds is 5. The van der Waals surface area contributed by atoms with E-state index in [2.05, 4.69) is 16.0 Å². The summed E-state index contributed by atoms with van der Waals surface area (Å²) in [5.74, 6) is 0. The van der Waals surface area contributed by atoms with Crippen LogP contribution in [0.15, 0.2) is 30.3 Å². The number of ether oxygens (including phenoxy) is 1. The Morgan fingerprint density at radius 1 is 1.33 bits per heavy atom. The van der Waals surface area contributed by atoms with Gasteiger partial charge in [0.15, 0.2) is 0 Å².